The van der Waals surface area contributed by atoms with Gasteiger partial charge in [-0.1, -0.05) is 30.0 Å². The number of thioether (sulfide) groups is 1. The zero-order valence-corrected chi connectivity index (χ0v) is 11.4. The van der Waals surface area contributed by atoms with E-state index in [0.717, 1.165) is 23.0 Å². The molecule has 0 spiro atoms. The van der Waals surface area contributed by atoms with Crippen LogP contribution in [0.25, 0.3) is 0 Å². The number of hydrogen-bond donors (Lipinski definition) is 1. The number of hydroxylamine groups is 4. The van der Waals surface area contributed by atoms with Crippen LogP contribution in [0.3, 0.4) is 0 Å². The molecular weight excluding hydrogens is 278 g/mol. The lowest BCUT2D eigenvalue weighted by molar-refractivity contribution is -0.941. The molecule has 0 radical (unpaired) electrons. The van der Waals surface area contributed by atoms with E-state index in [1.54, 1.807) is 5.41 Å². The standard InChI is InChI=1S/C13H14N3O3S/c17-15-6-3-8-16(18,19)11-14-10-12-4-1-2-5-13(12)20-9-7-15/h1-5,7-9,11,18H,6,10H2/q+1/b8-3-,9-7+,14-11?. The minimum atomic E-state index is -1.73. The van der Waals surface area contributed by atoms with Crippen LogP contribution >= 0.6 is 11.8 Å². The van der Waals surface area contributed by atoms with Gasteiger partial charge in [-0.3, -0.25) is 0 Å². The van der Waals surface area contributed by atoms with Crippen molar-refractivity contribution in [3.63, 3.8) is 0 Å². The van der Waals surface area contributed by atoms with E-state index in [1.165, 1.54) is 24.0 Å². The largest absolute Gasteiger partial charge is 0.588 e. The van der Waals surface area contributed by atoms with Gasteiger partial charge in [0.2, 0.25) is 19.1 Å². The minimum Gasteiger partial charge on any atom is -0.588 e. The fraction of sp³-hybridized carbons (Fsp3) is 0.154. The number of hydrogen-bond acceptors (Lipinski definition) is 5. The van der Waals surface area contributed by atoms with Crippen molar-refractivity contribution in [2.75, 3.05) is 6.54 Å². The van der Waals surface area contributed by atoms with Gasteiger partial charge in [-0.15, -0.1) is 4.81 Å². The summed E-state index contributed by atoms with van der Waals surface area (Å²) in [5.41, 5.74) is 0.916. The average Bonchev–Trinajstić information content (AvgIpc) is 2.40. The summed E-state index contributed by atoms with van der Waals surface area (Å²) >= 11 is 1.41. The van der Waals surface area contributed by atoms with Gasteiger partial charge in [0.1, 0.15) is 6.20 Å². The Morgan fingerprint density at radius 1 is 1.40 bits per heavy atom. The zero-order valence-electron chi connectivity index (χ0n) is 10.6. The van der Waals surface area contributed by atoms with Crippen molar-refractivity contribution in [3.05, 3.63) is 63.8 Å². The first-order valence-electron chi connectivity index (χ1n) is 5.93. The van der Waals surface area contributed by atoms with Crippen LogP contribution in [0.2, 0.25) is 0 Å². The third kappa shape index (κ3) is 4.39. The van der Waals surface area contributed by atoms with Crippen LogP contribution in [-0.2, 0) is 6.54 Å². The van der Waals surface area contributed by atoms with E-state index in [1.807, 2.05) is 24.3 Å². The SMILES string of the molecule is O=[N+]1/C=C/Sc2ccccc2CN=C[N+]([O-])(O)/C=C\C1. The lowest BCUT2D eigenvalue weighted by atomic mass is 10.2. The summed E-state index contributed by atoms with van der Waals surface area (Å²) in [5, 5.41) is 22.7. The number of nitroso groups, excluding NO2 is 1. The van der Waals surface area contributed by atoms with Crippen LogP contribution in [-0.4, -0.2) is 27.7 Å². The first-order valence-corrected chi connectivity index (χ1v) is 6.81. The third-order valence-electron chi connectivity index (χ3n) is 2.51. The number of fused-ring (bicyclic) bond motifs is 1. The summed E-state index contributed by atoms with van der Waals surface area (Å²) in [6.07, 6.45) is 4.52. The normalized spacial score (nSPS) is 26.8. The Bertz CT molecular complexity index is 582. The van der Waals surface area contributed by atoms with Gasteiger partial charge in [-0.05, 0) is 11.6 Å². The monoisotopic (exact) mass is 292 g/mol. The molecule has 0 bridgehead atoms. The van der Waals surface area contributed by atoms with Gasteiger partial charge in [0.15, 0.2) is 0 Å². The Morgan fingerprint density at radius 3 is 3.05 bits per heavy atom. The van der Waals surface area contributed by atoms with E-state index in [0.29, 0.717) is 4.76 Å². The average molecular weight is 292 g/mol. The van der Waals surface area contributed by atoms with Crippen LogP contribution in [0, 0.1) is 10.1 Å². The molecule has 1 heterocycles. The first kappa shape index (κ1) is 14.6. The van der Waals surface area contributed by atoms with Gasteiger partial charge in [-0.2, -0.15) is 0 Å². The highest BCUT2D eigenvalue weighted by Crippen LogP contribution is 2.24. The Hall–Kier alpha value is -1.80. The second-order valence-electron chi connectivity index (χ2n) is 4.12. The molecule has 0 amide bonds. The molecule has 0 saturated carbocycles. The Labute approximate surface area is 120 Å². The molecule has 1 aliphatic heterocycles. The van der Waals surface area contributed by atoms with E-state index >= 15 is 0 Å². The molecule has 1 atom stereocenters. The van der Waals surface area contributed by atoms with Crippen LogP contribution in [0.4, 0.5) is 0 Å². The molecule has 2 rings (SSSR count). The summed E-state index contributed by atoms with van der Waals surface area (Å²) in [5.74, 6) is 0. The Morgan fingerprint density at radius 2 is 2.20 bits per heavy atom. The van der Waals surface area contributed by atoms with Crippen molar-refractivity contribution in [2.24, 2.45) is 4.99 Å². The lowest BCUT2D eigenvalue weighted by Gasteiger charge is -2.22. The highest BCUT2D eigenvalue weighted by Gasteiger charge is 2.09. The number of benzene rings is 1. The molecule has 1 aliphatic rings. The molecule has 0 fully saturated rings. The molecule has 7 heteroatoms. The molecule has 0 aliphatic carbocycles. The molecule has 1 N–H and O–H groups in total. The van der Waals surface area contributed by atoms with Gasteiger partial charge in [-0.25, -0.2) is 10.2 Å². The molecule has 1 aromatic rings. The van der Waals surface area contributed by atoms with Crippen LogP contribution in [0.1, 0.15) is 5.56 Å². The zero-order chi connectivity index (χ0) is 14.4. The van der Waals surface area contributed by atoms with Crippen LogP contribution in [0.15, 0.2) is 58.0 Å². The predicted molar refractivity (Wildman–Crippen MR) is 76.7 cm³/mol. The number of aliphatic imine (C=N–C) groups is 1. The van der Waals surface area contributed by atoms with Crippen molar-refractivity contribution < 1.29 is 14.8 Å². The minimum absolute atomic E-state index is 0.0185. The quantitative estimate of drug-likeness (QED) is 0.453. The number of nitrogens with zero attached hydrogens (tertiary/aromatic N) is 3. The smallest absolute Gasteiger partial charge is 0.227 e. The van der Waals surface area contributed by atoms with E-state index in [2.05, 4.69) is 4.99 Å². The molecule has 1 aromatic carbocycles. The number of rotatable bonds is 0. The topological polar surface area (TPSA) is 75.7 Å². The molecule has 0 aromatic heterocycles. The summed E-state index contributed by atoms with van der Waals surface area (Å²) < 4.78 is 0.668. The van der Waals surface area contributed by atoms with E-state index < -0.39 is 4.81 Å². The van der Waals surface area contributed by atoms with Crippen LogP contribution in [0.5, 0.6) is 0 Å². The van der Waals surface area contributed by atoms with Crippen LogP contribution < -0.4 is 0 Å². The maximum atomic E-state index is 11.6. The van der Waals surface area contributed by atoms with Crippen molar-refractivity contribution in [1.82, 2.24) is 0 Å². The van der Waals surface area contributed by atoms with Gasteiger partial charge in [0.05, 0.1) is 6.54 Å². The van der Waals surface area contributed by atoms with Crippen molar-refractivity contribution >= 4 is 18.1 Å². The van der Waals surface area contributed by atoms with E-state index in [4.69, 9.17) is 0 Å². The lowest BCUT2D eigenvalue weighted by Crippen LogP contribution is -2.30. The fourth-order valence-corrected chi connectivity index (χ4v) is 2.36. The molecule has 20 heavy (non-hydrogen) atoms. The molecular formula is C13H14N3O3S+. The second-order valence-corrected chi connectivity index (χ2v) is 5.07. The molecule has 6 nitrogen and oxygen atoms in total. The summed E-state index contributed by atoms with van der Waals surface area (Å²) in [7, 11) is 0. The summed E-state index contributed by atoms with van der Waals surface area (Å²) in [6.45, 7) is 0.268. The van der Waals surface area contributed by atoms with Crippen molar-refractivity contribution in [3.8, 4) is 0 Å². The van der Waals surface area contributed by atoms with E-state index in [-0.39, 0.29) is 13.1 Å². The highest BCUT2D eigenvalue weighted by atomic mass is 32.2. The van der Waals surface area contributed by atoms with Gasteiger partial charge < -0.3 is 5.21 Å². The van der Waals surface area contributed by atoms with Crippen molar-refractivity contribution in [1.29, 1.82) is 0 Å². The molecule has 1 unspecified atom stereocenters. The first-order chi connectivity index (χ1) is 9.57. The van der Waals surface area contributed by atoms with Gasteiger partial charge >= 0.3 is 0 Å². The maximum Gasteiger partial charge on any atom is 0.227 e. The maximum absolute atomic E-state index is 11.6. The fourth-order valence-electron chi connectivity index (χ4n) is 1.58. The summed E-state index contributed by atoms with van der Waals surface area (Å²) in [4.78, 5) is 14.6. The van der Waals surface area contributed by atoms with Gasteiger partial charge in [0, 0.05) is 26.0 Å². The van der Waals surface area contributed by atoms with E-state index in [9.17, 15) is 15.3 Å². The Balaban J connectivity index is 2.30. The second kappa shape index (κ2) is 6.58. The number of quaternary nitrogens is 1. The third-order valence-corrected chi connectivity index (χ3v) is 3.42. The highest BCUT2D eigenvalue weighted by molar-refractivity contribution is 8.02. The summed E-state index contributed by atoms with van der Waals surface area (Å²) in [6, 6.07) is 7.55. The van der Waals surface area contributed by atoms with Crippen molar-refractivity contribution in [2.45, 2.75) is 11.4 Å². The molecule has 0 saturated heterocycles. The Kier molecular flexibility index (Phi) is 4.80. The molecule has 104 valence electrons. The predicted octanol–water partition coefficient (Wildman–Crippen LogP) is 2.79. The van der Waals surface area contributed by atoms with Gasteiger partial charge in [0.25, 0.3) is 0 Å².